The minimum Gasteiger partial charge on any atom is -0.352 e. The van der Waals surface area contributed by atoms with E-state index in [0.717, 1.165) is 0 Å². The van der Waals surface area contributed by atoms with E-state index >= 15 is 0 Å². The summed E-state index contributed by atoms with van der Waals surface area (Å²) < 4.78 is 29.3. The molecule has 0 spiro atoms. The number of rotatable bonds is 12. The monoisotopic (exact) mass is 479 g/mol. The zero-order valence-electron chi connectivity index (χ0n) is 19.4. The van der Waals surface area contributed by atoms with E-state index in [0.29, 0.717) is 48.6 Å². The predicted octanol–water partition coefficient (Wildman–Crippen LogP) is 3.41. The molecule has 176 valence electrons. The molecule has 1 unspecified atom stereocenters. The SMILES string of the molecule is C=CCNC(=O)C(C)Sc1nnc(-c2cccc(S(=O)(=O)N(CC)CC)c2)n1CC(C)C. The first-order valence-corrected chi connectivity index (χ1v) is 13.1. The van der Waals surface area contributed by atoms with Gasteiger partial charge in [-0.25, -0.2) is 8.42 Å². The molecule has 2 rings (SSSR count). The van der Waals surface area contributed by atoms with Crippen LogP contribution >= 0.6 is 11.8 Å². The highest BCUT2D eigenvalue weighted by Crippen LogP contribution is 2.29. The highest BCUT2D eigenvalue weighted by Gasteiger charge is 2.24. The van der Waals surface area contributed by atoms with Crippen LogP contribution in [-0.4, -0.2) is 58.3 Å². The standard InChI is InChI=1S/C22H33N5O3S2/c1-7-13-23-21(28)17(6)31-22-25-24-20(27(22)15-16(4)5)18-11-10-12-19(14-18)32(29,30)26(8-2)9-3/h7,10-12,14,16-17H,1,8-9,13,15H2,2-6H3,(H,23,28). The molecule has 1 aromatic carbocycles. The Morgan fingerprint density at radius 1 is 1.25 bits per heavy atom. The zero-order valence-corrected chi connectivity index (χ0v) is 21.0. The van der Waals surface area contributed by atoms with E-state index in [4.69, 9.17) is 0 Å². The number of nitrogens with one attached hydrogen (secondary N) is 1. The maximum absolute atomic E-state index is 13.0. The van der Waals surface area contributed by atoms with Crippen molar-refractivity contribution in [2.75, 3.05) is 19.6 Å². The maximum Gasteiger partial charge on any atom is 0.243 e. The van der Waals surface area contributed by atoms with Crippen molar-refractivity contribution in [2.24, 2.45) is 5.92 Å². The summed E-state index contributed by atoms with van der Waals surface area (Å²) in [6.07, 6.45) is 1.63. The van der Waals surface area contributed by atoms with Crippen molar-refractivity contribution in [1.29, 1.82) is 0 Å². The third kappa shape index (κ3) is 6.20. The van der Waals surface area contributed by atoms with Crippen LogP contribution in [0.3, 0.4) is 0 Å². The molecular formula is C22H33N5O3S2. The molecule has 0 fully saturated rings. The fourth-order valence-electron chi connectivity index (χ4n) is 3.16. The second-order valence-electron chi connectivity index (χ2n) is 7.72. The molecule has 1 aromatic heterocycles. The molecule has 0 bridgehead atoms. The van der Waals surface area contributed by atoms with Crippen molar-refractivity contribution in [1.82, 2.24) is 24.4 Å². The Labute approximate surface area is 195 Å². The summed E-state index contributed by atoms with van der Waals surface area (Å²) in [6.45, 7) is 15.1. The molecule has 0 aliphatic carbocycles. The minimum absolute atomic E-state index is 0.108. The molecule has 1 heterocycles. The summed E-state index contributed by atoms with van der Waals surface area (Å²) in [4.78, 5) is 12.5. The molecule has 0 radical (unpaired) electrons. The van der Waals surface area contributed by atoms with Gasteiger partial charge in [0.15, 0.2) is 11.0 Å². The molecule has 32 heavy (non-hydrogen) atoms. The summed E-state index contributed by atoms with van der Waals surface area (Å²) in [7, 11) is -3.59. The molecule has 8 nitrogen and oxygen atoms in total. The van der Waals surface area contributed by atoms with Crippen LogP contribution in [0.4, 0.5) is 0 Å². The van der Waals surface area contributed by atoms with Gasteiger partial charge in [-0.1, -0.05) is 57.7 Å². The lowest BCUT2D eigenvalue weighted by Crippen LogP contribution is -2.31. The number of sulfonamides is 1. The van der Waals surface area contributed by atoms with Gasteiger partial charge in [0.25, 0.3) is 0 Å². The molecular weight excluding hydrogens is 446 g/mol. The average Bonchev–Trinajstić information content (AvgIpc) is 3.14. The average molecular weight is 480 g/mol. The fourth-order valence-corrected chi connectivity index (χ4v) is 5.54. The minimum atomic E-state index is -3.59. The van der Waals surface area contributed by atoms with Crippen LogP contribution in [0, 0.1) is 5.92 Å². The van der Waals surface area contributed by atoms with Crippen LogP contribution < -0.4 is 5.32 Å². The van der Waals surface area contributed by atoms with Crippen molar-refractivity contribution < 1.29 is 13.2 Å². The predicted molar refractivity (Wildman–Crippen MR) is 129 cm³/mol. The quantitative estimate of drug-likeness (QED) is 0.370. The third-order valence-electron chi connectivity index (χ3n) is 4.77. The first-order chi connectivity index (χ1) is 15.1. The van der Waals surface area contributed by atoms with E-state index in [2.05, 4.69) is 35.9 Å². The molecule has 0 aliphatic heterocycles. The number of thioether (sulfide) groups is 1. The van der Waals surface area contributed by atoms with Crippen LogP contribution in [0.1, 0.15) is 34.6 Å². The van der Waals surface area contributed by atoms with Gasteiger partial charge in [0.2, 0.25) is 15.9 Å². The number of aromatic nitrogens is 3. The molecule has 0 saturated carbocycles. The topological polar surface area (TPSA) is 97.2 Å². The lowest BCUT2D eigenvalue weighted by Gasteiger charge is -2.19. The van der Waals surface area contributed by atoms with E-state index < -0.39 is 10.0 Å². The third-order valence-corrected chi connectivity index (χ3v) is 7.90. The fraction of sp³-hybridized carbons (Fsp3) is 0.500. The molecule has 2 aromatic rings. The molecule has 1 N–H and O–H groups in total. The van der Waals surface area contributed by atoms with Gasteiger partial charge in [-0.2, -0.15) is 4.31 Å². The molecule has 1 atom stereocenters. The molecule has 1 amide bonds. The zero-order chi connectivity index (χ0) is 23.9. The smallest absolute Gasteiger partial charge is 0.243 e. The Morgan fingerprint density at radius 3 is 2.53 bits per heavy atom. The molecule has 0 saturated heterocycles. The number of carbonyl (C=O) groups excluding carboxylic acids is 1. The van der Waals surface area contributed by atoms with E-state index in [9.17, 15) is 13.2 Å². The Balaban J connectivity index is 2.44. The Bertz CT molecular complexity index is 1030. The van der Waals surface area contributed by atoms with Gasteiger partial charge in [-0.15, -0.1) is 16.8 Å². The van der Waals surface area contributed by atoms with E-state index in [1.165, 1.54) is 16.1 Å². The van der Waals surface area contributed by atoms with Crippen LogP contribution in [0.25, 0.3) is 11.4 Å². The Kier molecular flexibility index (Phi) is 9.47. The van der Waals surface area contributed by atoms with Crippen LogP contribution in [-0.2, 0) is 21.4 Å². The Hall–Kier alpha value is -2.17. The van der Waals surface area contributed by atoms with E-state index in [-0.39, 0.29) is 16.1 Å². The number of benzene rings is 1. The van der Waals surface area contributed by atoms with Gasteiger partial charge in [0, 0.05) is 31.7 Å². The highest BCUT2D eigenvalue weighted by molar-refractivity contribution is 8.00. The number of amides is 1. The lowest BCUT2D eigenvalue weighted by atomic mass is 10.2. The van der Waals surface area contributed by atoms with E-state index in [1.807, 2.05) is 31.4 Å². The summed E-state index contributed by atoms with van der Waals surface area (Å²) >= 11 is 1.32. The van der Waals surface area contributed by atoms with Crippen LogP contribution in [0.5, 0.6) is 0 Å². The van der Waals surface area contributed by atoms with Gasteiger partial charge < -0.3 is 9.88 Å². The second kappa shape index (κ2) is 11.6. The summed E-state index contributed by atoms with van der Waals surface area (Å²) in [6, 6.07) is 6.79. The number of hydrogen-bond acceptors (Lipinski definition) is 6. The molecule has 0 aliphatic rings. The normalized spacial score (nSPS) is 12.8. The van der Waals surface area contributed by atoms with Crippen molar-refractivity contribution >= 4 is 27.7 Å². The number of nitrogens with zero attached hydrogens (tertiary/aromatic N) is 4. The molecule has 10 heteroatoms. The largest absolute Gasteiger partial charge is 0.352 e. The van der Waals surface area contributed by atoms with Gasteiger partial charge in [-0.3, -0.25) is 4.79 Å². The van der Waals surface area contributed by atoms with Crippen LogP contribution in [0.15, 0.2) is 47.0 Å². The summed E-state index contributed by atoms with van der Waals surface area (Å²) in [5, 5.41) is 11.7. The Morgan fingerprint density at radius 2 is 1.94 bits per heavy atom. The van der Waals surface area contributed by atoms with E-state index in [1.54, 1.807) is 24.3 Å². The van der Waals surface area contributed by atoms with Crippen molar-refractivity contribution in [3.8, 4) is 11.4 Å². The first kappa shape index (κ1) is 26.1. The van der Waals surface area contributed by atoms with Crippen molar-refractivity contribution in [3.05, 3.63) is 36.9 Å². The van der Waals surface area contributed by atoms with Crippen LogP contribution in [0.2, 0.25) is 0 Å². The number of hydrogen-bond donors (Lipinski definition) is 1. The van der Waals surface area contributed by atoms with Gasteiger partial charge in [0.05, 0.1) is 10.1 Å². The second-order valence-corrected chi connectivity index (χ2v) is 11.0. The summed E-state index contributed by atoms with van der Waals surface area (Å²) in [5.41, 5.74) is 0.669. The number of carbonyl (C=O) groups is 1. The van der Waals surface area contributed by atoms with Crippen molar-refractivity contribution in [2.45, 2.75) is 56.5 Å². The van der Waals surface area contributed by atoms with Crippen molar-refractivity contribution in [3.63, 3.8) is 0 Å². The van der Waals surface area contributed by atoms with Gasteiger partial charge in [0.1, 0.15) is 0 Å². The van der Waals surface area contributed by atoms with Gasteiger partial charge >= 0.3 is 0 Å². The first-order valence-electron chi connectivity index (χ1n) is 10.7. The lowest BCUT2D eigenvalue weighted by molar-refractivity contribution is -0.120. The van der Waals surface area contributed by atoms with Gasteiger partial charge in [-0.05, 0) is 25.0 Å². The highest BCUT2D eigenvalue weighted by atomic mass is 32.2. The maximum atomic E-state index is 13.0. The summed E-state index contributed by atoms with van der Waals surface area (Å²) in [5.74, 6) is 0.774.